The number of hydrogen-bond donors (Lipinski definition) is 2. The maximum Gasteiger partial charge on any atom is 0.290 e. The minimum atomic E-state index is -0.692. The standard InChI is InChI=1S/C19H29N3O4/c1-3-13(2)16(12-23)22-18(24)15(11-14-7-5-4-6-8-14)21-19(25)17-9-10-20-26-17/h9-10,12-16H,3-8,11H2,1-2H3,(H,21,25)(H,22,24)/t13-,15-,16+/m0/s1. The number of rotatable bonds is 9. The van der Waals surface area contributed by atoms with Gasteiger partial charge in [0.25, 0.3) is 5.91 Å². The first kappa shape index (κ1) is 20.1. The number of aromatic nitrogens is 1. The Balaban J connectivity index is 2.06. The Hall–Kier alpha value is -2.18. The fourth-order valence-electron chi connectivity index (χ4n) is 3.38. The van der Waals surface area contributed by atoms with E-state index < -0.39 is 18.0 Å². The van der Waals surface area contributed by atoms with Crippen LogP contribution in [-0.2, 0) is 9.59 Å². The van der Waals surface area contributed by atoms with Crippen molar-refractivity contribution in [3.63, 3.8) is 0 Å². The average molecular weight is 363 g/mol. The first-order chi connectivity index (χ1) is 12.5. The quantitative estimate of drug-likeness (QED) is 0.656. The Bertz CT molecular complexity index is 582. The van der Waals surface area contributed by atoms with E-state index in [1.54, 1.807) is 0 Å². The zero-order chi connectivity index (χ0) is 18.9. The Morgan fingerprint density at radius 2 is 2.04 bits per heavy atom. The molecule has 1 aromatic heterocycles. The summed E-state index contributed by atoms with van der Waals surface area (Å²) in [7, 11) is 0. The molecule has 0 bridgehead atoms. The predicted molar refractivity (Wildman–Crippen MR) is 96.4 cm³/mol. The van der Waals surface area contributed by atoms with E-state index in [1.807, 2.05) is 13.8 Å². The third-order valence-corrected chi connectivity index (χ3v) is 5.29. The Morgan fingerprint density at radius 1 is 1.31 bits per heavy atom. The molecule has 0 aliphatic heterocycles. The fourth-order valence-corrected chi connectivity index (χ4v) is 3.38. The predicted octanol–water partition coefficient (Wildman–Crippen LogP) is 2.47. The highest BCUT2D eigenvalue weighted by molar-refractivity contribution is 5.95. The molecule has 26 heavy (non-hydrogen) atoms. The summed E-state index contributed by atoms with van der Waals surface area (Å²) < 4.78 is 4.87. The molecule has 1 heterocycles. The van der Waals surface area contributed by atoms with Crippen LogP contribution in [-0.4, -0.2) is 35.3 Å². The van der Waals surface area contributed by atoms with E-state index in [9.17, 15) is 14.4 Å². The zero-order valence-electron chi connectivity index (χ0n) is 15.6. The molecule has 144 valence electrons. The smallest absolute Gasteiger partial charge is 0.290 e. The van der Waals surface area contributed by atoms with E-state index >= 15 is 0 Å². The summed E-state index contributed by atoms with van der Waals surface area (Å²) in [4.78, 5) is 36.4. The maximum atomic E-state index is 12.8. The summed E-state index contributed by atoms with van der Waals surface area (Å²) in [5.41, 5.74) is 0. The summed E-state index contributed by atoms with van der Waals surface area (Å²) in [6, 6.07) is 0.212. The van der Waals surface area contributed by atoms with Crippen molar-refractivity contribution in [2.45, 2.75) is 70.9 Å². The zero-order valence-corrected chi connectivity index (χ0v) is 15.6. The molecule has 1 aromatic rings. The molecule has 3 atom stereocenters. The molecule has 0 radical (unpaired) electrons. The first-order valence-corrected chi connectivity index (χ1v) is 9.52. The lowest BCUT2D eigenvalue weighted by Gasteiger charge is -2.28. The normalized spacial score (nSPS) is 18.5. The van der Waals surface area contributed by atoms with Crippen molar-refractivity contribution in [2.24, 2.45) is 11.8 Å². The van der Waals surface area contributed by atoms with Crippen molar-refractivity contribution in [1.29, 1.82) is 0 Å². The van der Waals surface area contributed by atoms with Gasteiger partial charge in [-0.25, -0.2) is 0 Å². The minimum absolute atomic E-state index is 0.0387. The van der Waals surface area contributed by atoms with Crippen LogP contribution in [0, 0.1) is 11.8 Å². The SMILES string of the molecule is CC[C@H](C)[C@@H](C=O)NC(=O)[C@H](CC1CCCCC1)NC(=O)c1ccno1. The van der Waals surface area contributed by atoms with Crippen LogP contribution in [0.15, 0.2) is 16.8 Å². The van der Waals surface area contributed by atoms with Gasteiger partial charge in [-0.1, -0.05) is 57.5 Å². The van der Waals surface area contributed by atoms with Crippen molar-refractivity contribution in [2.75, 3.05) is 0 Å². The molecule has 0 aromatic carbocycles. The van der Waals surface area contributed by atoms with Gasteiger partial charge in [0.15, 0.2) is 0 Å². The Morgan fingerprint density at radius 3 is 2.62 bits per heavy atom. The van der Waals surface area contributed by atoms with Gasteiger partial charge in [-0.15, -0.1) is 0 Å². The van der Waals surface area contributed by atoms with E-state index in [-0.39, 0.29) is 17.6 Å². The average Bonchev–Trinajstić information content (AvgIpc) is 3.20. The van der Waals surface area contributed by atoms with Crippen molar-refractivity contribution in [3.8, 4) is 0 Å². The van der Waals surface area contributed by atoms with E-state index in [2.05, 4.69) is 15.8 Å². The number of carbonyl (C=O) groups excluding carboxylic acids is 3. The monoisotopic (exact) mass is 363 g/mol. The topological polar surface area (TPSA) is 101 Å². The molecule has 2 N–H and O–H groups in total. The molecule has 2 rings (SSSR count). The van der Waals surface area contributed by atoms with Crippen molar-refractivity contribution < 1.29 is 18.9 Å². The van der Waals surface area contributed by atoms with Gasteiger partial charge in [0.1, 0.15) is 12.3 Å². The van der Waals surface area contributed by atoms with Gasteiger partial charge in [0.2, 0.25) is 11.7 Å². The first-order valence-electron chi connectivity index (χ1n) is 9.52. The summed E-state index contributed by atoms with van der Waals surface area (Å²) in [6.07, 6.45) is 9.14. The second kappa shape index (κ2) is 10.1. The van der Waals surface area contributed by atoms with Gasteiger partial charge in [-0.2, -0.15) is 0 Å². The number of nitrogens with zero attached hydrogens (tertiary/aromatic N) is 1. The third kappa shape index (κ3) is 5.68. The van der Waals surface area contributed by atoms with Gasteiger partial charge in [0, 0.05) is 6.07 Å². The van der Waals surface area contributed by atoms with Crippen LogP contribution in [0.25, 0.3) is 0 Å². The third-order valence-electron chi connectivity index (χ3n) is 5.29. The second-order valence-corrected chi connectivity index (χ2v) is 7.20. The highest BCUT2D eigenvalue weighted by Crippen LogP contribution is 2.27. The van der Waals surface area contributed by atoms with Gasteiger partial charge in [-0.3, -0.25) is 9.59 Å². The largest absolute Gasteiger partial charge is 0.351 e. The number of hydrogen-bond acceptors (Lipinski definition) is 5. The van der Waals surface area contributed by atoms with Gasteiger partial charge < -0.3 is 20.0 Å². The molecule has 1 saturated carbocycles. The summed E-state index contributed by atoms with van der Waals surface area (Å²) in [5, 5.41) is 9.07. The second-order valence-electron chi connectivity index (χ2n) is 7.20. The van der Waals surface area contributed by atoms with Crippen molar-refractivity contribution in [1.82, 2.24) is 15.8 Å². The number of nitrogens with one attached hydrogen (secondary N) is 2. The molecule has 1 aliphatic rings. The van der Waals surface area contributed by atoms with Gasteiger partial charge >= 0.3 is 0 Å². The lowest BCUT2D eigenvalue weighted by atomic mass is 9.84. The molecular weight excluding hydrogens is 334 g/mol. The number of carbonyl (C=O) groups is 3. The molecule has 7 heteroatoms. The van der Waals surface area contributed by atoms with Gasteiger partial charge in [-0.05, 0) is 18.3 Å². The Labute approximate surface area is 154 Å². The van der Waals surface area contributed by atoms with Crippen molar-refractivity contribution >= 4 is 18.1 Å². The lowest BCUT2D eigenvalue weighted by molar-refractivity contribution is -0.126. The van der Waals surface area contributed by atoms with Crippen LogP contribution in [0.3, 0.4) is 0 Å². The molecule has 7 nitrogen and oxygen atoms in total. The minimum Gasteiger partial charge on any atom is -0.351 e. The van der Waals surface area contributed by atoms with Gasteiger partial charge in [0.05, 0.1) is 12.2 Å². The van der Waals surface area contributed by atoms with E-state index in [4.69, 9.17) is 4.52 Å². The number of amides is 2. The molecule has 0 saturated heterocycles. The Kier molecular flexibility index (Phi) is 7.81. The highest BCUT2D eigenvalue weighted by Gasteiger charge is 2.29. The van der Waals surface area contributed by atoms with Crippen LogP contribution in [0.5, 0.6) is 0 Å². The maximum absolute atomic E-state index is 12.8. The van der Waals surface area contributed by atoms with Crippen LogP contribution < -0.4 is 10.6 Å². The van der Waals surface area contributed by atoms with Crippen LogP contribution in [0.4, 0.5) is 0 Å². The van der Waals surface area contributed by atoms with E-state index in [1.165, 1.54) is 18.7 Å². The molecule has 0 unspecified atom stereocenters. The fraction of sp³-hybridized carbons (Fsp3) is 0.684. The van der Waals surface area contributed by atoms with Crippen LogP contribution >= 0.6 is 0 Å². The molecule has 1 fully saturated rings. The summed E-state index contributed by atoms with van der Waals surface area (Å²) in [6.45, 7) is 3.89. The highest BCUT2D eigenvalue weighted by atomic mass is 16.5. The molecule has 2 amide bonds. The lowest BCUT2D eigenvalue weighted by Crippen LogP contribution is -2.52. The van der Waals surface area contributed by atoms with E-state index in [0.717, 1.165) is 38.4 Å². The van der Waals surface area contributed by atoms with Crippen molar-refractivity contribution in [3.05, 3.63) is 18.0 Å². The van der Waals surface area contributed by atoms with Crippen LogP contribution in [0.1, 0.15) is 69.3 Å². The summed E-state index contributed by atoms with van der Waals surface area (Å²) >= 11 is 0. The molecular formula is C19H29N3O4. The summed E-state index contributed by atoms with van der Waals surface area (Å²) in [5.74, 6) is -0.282. The molecule has 1 aliphatic carbocycles. The van der Waals surface area contributed by atoms with Crippen LogP contribution in [0.2, 0.25) is 0 Å². The molecule has 0 spiro atoms. The number of aldehydes is 1. The van der Waals surface area contributed by atoms with E-state index in [0.29, 0.717) is 12.3 Å².